The van der Waals surface area contributed by atoms with Crippen LogP contribution in [0.4, 0.5) is 0 Å². The van der Waals surface area contributed by atoms with E-state index in [9.17, 15) is 8.42 Å². The first kappa shape index (κ1) is 14.2. The first-order valence-corrected chi connectivity index (χ1v) is 6.59. The topological polar surface area (TPSA) is 99.8 Å². The van der Waals surface area contributed by atoms with Gasteiger partial charge in [-0.15, -0.1) is 0 Å². The Morgan fingerprint density at radius 2 is 2.00 bits per heavy atom. The van der Waals surface area contributed by atoms with Gasteiger partial charge in [0.15, 0.2) is 0 Å². The standard InChI is InChI=1S/C10H17NO5S/c1-10(2,7-13)6-11-17(14,15)9-4-3-8(5-12)16-9/h3-4,11-13H,5-7H2,1-2H3. The molecule has 1 heterocycles. The quantitative estimate of drug-likeness (QED) is 0.674. The molecule has 0 amide bonds. The average Bonchev–Trinajstić information content (AvgIpc) is 2.76. The summed E-state index contributed by atoms with van der Waals surface area (Å²) in [5.74, 6) is 0.187. The Balaban J connectivity index is 2.76. The number of hydrogen-bond donors (Lipinski definition) is 3. The molecule has 0 fully saturated rings. The number of nitrogens with one attached hydrogen (secondary N) is 1. The van der Waals surface area contributed by atoms with Crippen molar-refractivity contribution >= 4 is 10.0 Å². The van der Waals surface area contributed by atoms with Gasteiger partial charge in [-0.2, -0.15) is 0 Å². The lowest BCUT2D eigenvalue weighted by molar-refractivity contribution is 0.163. The zero-order valence-electron chi connectivity index (χ0n) is 9.80. The highest BCUT2D eigenvalue weighted by atomic mass is 32.2. The molecule has 0 aromatic carbocycles. The molecule has 0 saturated carbocycles. The van der Waals surface area contributed by atoms with Crippen LogP contribution in [-0.2, 0) is 16.6 Å². The first-order valence-electron chi connectivity index (χ1n) is 5.11. The molecule has 0 spiro atoms. The van der Waals surface area contributed by atoms with Crippen LogP contribution in [0.2, 0.25) is 0 Å². The SMILES string of the molecule is CC(C)(CO)CNS(=O)(=O)c1ccc(CO)o1. The molecule has 17 heavy (non-hydrogen) atoms. The van der Waals surface area contributed by atoms with E-state index >= 15 is 0 Å². The minimum absolute atomic E-state index is 0.0982. The highest BCUT2D eigenvalue weighted by molar-refractivity contribution is 7.89. The van der Waals surface area contributed by atoms with Crippen molar-refractivity contribution in [2.24, 2.45) is 5.41 Å². The molecule has 0 aliphatic rings. The minimum Gasteiger partial charge on any atom is -0.446 e. The molecule has 3 N–H and O–H groups in total. The van der Waals surface area contributed by atoms with Crippen LogP contribution in [-0.4, -0.2) is 31.8 Å². The van der Waals surface area contributed by atoms with Gasteiger partial charge in [-0.1, -0.05) is 13.8 Å². The molecular weight excluding hydrogens is 246 g/mol. The largest absolute Gasteiger partial charge is 0.446 e. The van der Waals surface area contributed by atoms with Crippen molar-refractivity contribution in [3.8, 4) is 0 Å². The van der Waals surface area contributed by atoms with Crippen LogP contribution in [0.5, 0.6) is 0 Å². The van der Waals surface area contributed by atoms with Crippen LogP contribution >= 0.6 is 0 Å². The number of hydrogen-bond acceptors (Lipinski definition) is 5. The van der Waals surface area contributed by atoms with Gasteiger partial charge >= 0.3 is 0 Å². The summed E-state index contributed by atoms with van der Waals surface area (Å²) in [6.07, 6.45) is 0. The van der Waals surface area contributed by atoms with Crippen molar-refractivity contribution in [2.75, 3.05) is 13.2 Å². The fourth-order valence-corrected chi connectivity index (χ4v) is 2.19. The third kappa shape index (κ3) is 3.81. The maximum Gasteiger partial charge on any atom is 0.273 e. The van der Waals surface area contributed by atoms with Gasteiger partial charge in [-0.3, -0.25) is 0 Å². The van der Waals surface area contributed by atoms with E-state index in [-0.39, 0.29) is 30.6 Å². The predicted molar refractivity (Wildman–Crippen MR) is 60.7 cm³/mol. The minimum atomic E-state index is -3.73. The second-order valence-electron chi connectivity index (χ2n) is 4.53. The van der Waals surface area contributed by atoms with Crippen molar-refractivity contribution < 1.29 is 23.0 Å². The van der Waals surface area contributed by atoms with Gasteiger partial charge in [0.05, 0.1) is 0 Å². The maximum atomic E-state index is 11.8. The van der Waals surface area contributed by atoms with E-state index in [0.29, 0.717) is 0 Å². The summed E-state index contributed by atoms with van der Waals surface area (Å²) in [6.45, 7) is 3.09. The second kappa shape index (κ2) is 5.18. The van der Waals surface area contributed by atoms with Crippen molar-refractivity contribution in [1.82, 2.24) is 4.72 Å². The van der Waals surface area contributed by atoms with Gasteiger partial charge < -0.3 is 14.6 Å². The summed E-state index contributed by atoms with van der Waals surface area (Å²) in [5.41, 5.74) is -0.542. The summed E-state index contributed by atoms with van der Waals surface area (Å²) in [5, 5.41) is 17.5. The fraction of sp³-hybridized carbons (Fsp3) is 0.600. The van der Waals surface area contributed by atoms with E-state index in [0.717, 1.165) is 0 Å². The van der Waals surface area contributed by atoms with E-state index in [4.69, 9.17) is 14.6 Å². The summed E-state index contributed by atoms with van der Waals surface area (Å²) < 4.78 is 30.8. The molecule has 0 radical (unpaired) electrons. The Labute approximate surface area is 100 Å². The van der Waals surface area contributed by atoms with Gasteiger partial charge in [0.1, 0.15) is 12.4 Å². The molecule has 1 aromatic heterocycles. The number of sulfonamides is 1. The molecule has 0 saturated heterocycles. The van der Waals surface area contributed by atoms with Gasteiger partial charge in [-0.05, 0) is 12.1 Å². The highest BCUT2D eigenvalue weighted by Crippen LogP contribution is 2.16. The fourth-order valence-electron chi connectivity index (χ4n) is 1.01. The maximum absolute atomic E-state index is 11.8. The van der Waals surface area contributed by atoms with E-state index in [1.54, 1.807) is 13.8 Å². The molecule has 1 aromatic rings. The van der Waals surface area contributed by atoms with E-state index in [2.05, 4.69) is 4.72 Å². The molecule has 98 valence electrons. The van der Waals surface area contributed by atoms with Gasteiger partial charge in [0.2, 0.25) is 5.09 Å². The second-order valence-corrected chi connectivity index (χ2v) is 6.22. The van der Waals surface area contributed by atoms with Gasteiger partial charge in [0.25, 0.3) is 10.0 Å². The molecule has 0 bridgehead atoms. The van der Waals surface area contributed by atoms with E-state index < -0.39 is 15.4 Å². The highest BCUT2D eigenvalue weighted by Gasteiger charge is 2.23. The van der Waals surface area contributed by atoms with Crippen molar-refractivity contribution in [3.63, 3.8) is 0 Å². The zero-order chi connectivity index (χ0) is 13.1. The predicted octanol–water partition coefficient (Wildman–Crippen LogP) is 0.0687. The molecular formula is C10H17NO5S. The van der Waals surface area contributed by atoms with Crippen molar-refractivity contribution in [2.45, 2.75) is 25.5 Å². The Bertz CT molecular complexity index is 463. The van der Waals surface area contributed by atoms with Crippen molar-refractivity contribution in [1.29, 1.82) is 0 Å². The molecule has 0 unspecified atom stereocenters. The van der Waals surface area contributed by atoms with Crippen LogP contribution in [0, 0.1) is 5.41 Å². The van der Waals surface area contributed by atoms with Crippen LogP contribution in [0.25, 0.3) is 0 Å². The van der Waals surface area contributed by atoms with Gasteiger partial charge in [0, 0.05) is 18.6 Å². The Morgan fingerprint density at radius 3 is 2.47 bits per heavy atom. The third-order valence-electron chi connectivity index (χ3n) is 2.23. The summed E-state index contributed by atoms with van der Waals surface area (Å²) in [7, 11) is -3.73. The lowest BCUT2D eigenvalue weighted by Crippen LogP contribution is -2.35. The molecule has 0 atom stereocenters. The van der Waals surface area contributed by atoms with Gasteiger partial charge in [-0.25, -0.2) is 13.1 Å². The summed E-state index contributed by atoms with van der Waals surface area (Å²) in [6, 6.07) is 2.67. The van der Waals surface area contributed by atoms with Crippen LogP contribution in [0.3, 0.4) is 0 Å². The lowest BCUT2D eigenvalue weighted by Gasteiger charge is -2.21. The molecule has 0 aliphatic carbocycles. The number of rotatable bonds is 6. The molecule has 7 heteroatoms. The zero-order valence-corrected chi connectivity index (χ0v) is 10.6. The summed E-state index contributed by atoms with van der Waals surface area (Å²) >= 11 is 0. The number of aliphatic hydroxyl groups excluding tert-OH is 2. The van der Waals surface area contributed by atoms with E-state index in [1.165, 1.54) is 12.1 Å². The first-order chi connectivity index (χ1) is 7.80. The molecule has 6 nitrogen and oxygen atoms in total. The van der Waals surface area contributed by atoms with Crippen LogP contribution in [0.15, 0.2) is 21.6 Å². The Hall–Kier alpha value is -0.890. The van der Waals surface area contributed by atoms with E-state index in [1.807, 2.05) is 0 Å². The Kier molecular flexibility index (Phi) is 4.31. The number of furan rings is 1. The Morgan fingerprint density at radius 1 is 1.35 bits per heavy atom. The smallest absolute Gasteiger partial charge is 0.273 e. The molecule has 0 aliphatic heterocycles. The number of aliphatic hydroxyl groups is 2. The normalized spacial score (nSPS) is 12.9. The van der Waals surface area contributed by atoms with Crippen molar-refractivity contribution in [3.05, 3.63) is 17.9 Å². The average molecular weight is 263 g/mol. The van der Waals surface area contributed by atoms with Crippen LogP contribution in [0.1, 0.15) is 19.6 Å². The lowest BCUT2D eigenvalue weighted by atomic mass is 9.96. The molecule has 1 rings (SSSR count). The monoisotopic (exact) mass is 263 g/mol. The van der Waals surface area contributed by atoms with Crippen LogP contribution < -0.4 is 4.72 Å². The summed E-state index contributed by atoms with van der Waals surface area (Å²) in [4.78, 5) is 0. The third-order valence-corrected chi connectivity index (χ3v) is 3.50.